The van der Waals surface area contributed by atoms with Crippen molar-refractivity contribution in [3.8, 4) is 0 Å². The van der Waals surface area contributed by atoms with Crippen LogP contribution >= 0.6 is 0 Å². The molecule has 268 valence electrons. The number of amidine groups is 2. The fraction of sp³-hybridized carbons (Fsp3) is 0.0980. The largest absolute Gasteiger partial charge is 0.456 e. The second-order valence-electron chi connectivity index (χ2n) is 14.9. The molecular weight excluding hydrogens is 685 g/mol. The van der Waals surface area contributed by atoms with Crippen LogP contribution in [0.1, 0.15) is 35.7 Å². The van der Waals surface area contributed by atoms with Gasteiger partial charge in [-0.3, -0.25) is 0 Å². The van der Waals surface area contributed by atoms with Gasteiger partial charge < -0.3 is 14.3 Å². The maximum atomic E-state index is 6.55. The first-order chi connectivity index (χ1) is 27.8. The predicted molar refractivity (Wildman–Crippen MR) is 232 cm³/mol. The van der Waals surface area contributed by atoms with Crippen LogP contribution in [-0.2, 0) is 0 Å². The fourth-order valence-corrected chi connectivity index (χ4v) is 8.98. The first kappa shape index (κ1) is 32.5. The van der Waals surface area contributed by atoms with Crippen LogP contribution in [0.4, 0.5) is 0 Å². The Balaban J connectivity index is 1.19. The van der Waals surface area contributed by atoms with Gasteiger partial charge in [0.15, 0.2) is 5.84 Å². The quantitative estimate of drug-likeness (QED) is 0.186. The summed E-state index contributed by atoms with van der Waals surface area (Å²) in [4.78, 5) is 10.5. The van der Waals surface area contributed by atoms with Crippen LogP contribution in [0.3, 0.4) is 0 Å². The van der Waals surface area contributed by atoms with Gasteiger partial charge in [-0.15, -0.1) is 0 Å². The smallest absolute Gasteiger partial charge is 0.159 e. The van der Waals surface area contributed by atoms with E-state index in [0.29, 0.717) is 0 Å². The van der Waals surface area contributed by atoms with Crippen molar-refractivity contribution >= 4 is 66.7 Å². The third-order valence-corrected chi connectivity index (χ3v) is 11.6. The Hall–Kier alpha value is -6.98. The molecule has 5 nitrogen and oxygen atoms in total. The van der Waals surface area contributed by atoms with Crippen LogP contribution in [0.5, 0.6) is 0 Å². The molecule has 0 saturated heterocycles. The van der Waals surface area contributed by atoms with E-state index >= 15 is 0 Å². The zero-order valence-corrected chi connectivity index (χ0v) is 30.7. The topological polar surface area (TPSA) is 54.8 Å². The van der Waals surface area contributed by atoms with Gasteiger partial charge in [-0.1, -0.05) is 152 Å². The minimum atomic E-state index is -0.273. The van der Waals surface area contributed by atoms with Crippen LogP contribution in [0.15, 0.2) is 202 Å². The molecule has 1 aliphatic heterocycles. The summed E-state index contributed by atoms with van der Waals surface area (Å²) in [5.41, 5.74) is 11.1. The molecule has 3 aliphatic rings. The first-order valence-corrected chi connectivity index (χ1v) is 19.5. The summed E-state index contributed by atoms with van der Waals surface area (Å²) >= 11 is 0. The van der Waals surface area contributed by atoms with E-state index in [4.69, 9.17) is 14.4 Å². The first-order valence-electron chi connectivity index (χ1n) is 19.5. The molecule has 2 unspecified atom stereocenters. The molecule has 2 aliphatic carbocycles. The number of aliphatic imine (C=N–C) groups is 2. The number of nitrogens with zero attached hydrogens (tertiary/aromatic N) is 3. The van der Waals surface area contributed by atoms with Gasteiger partial charge in [-0.2, -0.15) is 0 Å². The molecule has 0 bridgehead atoms. The number of para-hydroxylation sites is 2. The molecule has 3 heterocycles. The highest BCUT2D eigenvalue weighted by atomic mass is 16.3. The van der Waals surface area contributed by atoms with Crippen molar-refractivity contribution in [1.82, 2.24) is 9.88 Å². The second-order valence-corrected chi connectivity index (χ2v) is 14.9. The SMILES string of the molecule is C1=CCC([C@H]2CC(C3=NC(c4ccccc4)=NC(c4ccccc4)N3)=CC(c3ccccc3)=C2n2c3ccccc3c3cc4c(cc32)oc2ccccc24)C=C1. The van der Waals surface area contributed by atoms with Gasteiger partial charge in [-0.05, 0) is 59.7 Å². The fourth-order valence-electron chi connectivity index (χ4n) is 8.98. The minimum absolute atomic E-state index is 0.121. The van der Waals surface area contributed by atoms with Crippen molar-refractivity contribution in [2.45, 2.75) is 19.0 Å². The maximum absolute atomic E-state index is 6.55. The van der Waals surface area contributed by atoms with Gasteiger partial charge >= 0.3 is 0 Å². The average molecular weight is 723 g/mol. The monoisotopic (exact) mass is 722 g/mol. The number of rotatable bonds is 6. The highest BCUT2D eigenvalue weighted by molar-refractivity contribution is 6.19. The van der Waals surface area contributed by atoms with Crippen LogP contribution in [0, 0.1) is 11.8 Å². The lowest BCUT2D eigenvalue weighted by Crippen LogP contribution is -2.36. The number of nitrogens with one attached hydrogen (secondary N) is 1. The van der Waals surface area contributed by atoms with E-state index in [2.05, 4.69) is 180 Å². The third kappa shape index (κ3) is 5.46. The molecule has 0 amide bonds. The van der Waals surface area contributed by atoms with E-state index in [1.54, 1.807) is 0 Å². The van der Waals surface area contributed by atoms with Crippen molar-refractivity contribution in [1.29, 1.82) is 0 Å². The van der Waals surface area contributed by atoms with Crippen molar-refractivity contribution < 1.29 is 4.42 Å². The Kier molecular flexibility index (Phi) is 7.76. The van der Waals surface area contributed by atoms with Crippen molar-refractivity contribution in [2.24, 2.45) is 21.8 Å². The van der Waals surface area contributed by atoms with Gasteiger partial charge in [0.25, 0.3) is 0 Å². The van der Waals surface area contributed by atoms with E-state index in [-0.39, 0.29) is 18.0 Å². The summed E-state index contributed by atoms with van der Waals surface area (Å²) in [6.45, 7) is 0. The average Bonchev–Trinajstić information content (AvgIpc) is 3.80. The number of benzene rings is 6. The van der Waals surface area contributed by atoms with Crippen molar-refractivity contribution in [3.63, 3.8) is 0 Å². The van der Waals surface area contributed by atoms with E-state index in [1.165, 1.54) is 38.7 Å². The second kappa shape index (κ2) is 13.4. The summed E-state index contributed by atoms with van der Waals surface area (Å²) in [5, 5.41) is 8.53. The molecule has 8 aromatic rings. The normalized spacial score (nSPS) is 19.7. The number of furan rings is 1. The zero-order valence-electron chi connectivity index (χ0n) is 30.7. The molecule has 5 heteroatoms. The highest BCUT2D eigenvalue weighted by Gasteiger charge is 2.35. The lowest BCUT2D eigenvalue weighted by atomic mass is 9.74. The molecule has 0 radical (unpaired) electrons. The molecule has 2 aromatic heterocycles. The van der Waals surface area contributed by atoms with E-state index in [0.717, 1.165) is 63.1 Å². The van der Waals surface area contributed by atoms with Gasteiger partial charge in [-0.25, -0.2) is 9.98 Å². The summed E-state index contributed by atoms with van der Waals surface area (Å²) in [7, 11) is 0. The molecule has 3 atom stereocenters. The lowest BCUT2D eigenvalue weighted by molar-refractivity contribution is 0.475. The number of fused-ring (bicyclic) bond motifs is 6. The highest BCUT2D eigenvalue weighted by Crippen LogP contribution is 2.48. The van der Waals surface area contributed by atoms with Crippen LogP contribution in [-0.4, -0.2) is 16.2 Å². The third-order valence-electron chi connectivity index (χ3n) is 11.6. The molecule has 56 heavy (non-hydrogen) atoms. The minimum Gasteiger partial charge on any atom is -0.456 e. The van der Waals surface area contributed by atoms with Gasteiger partial charge in [0, 0.05) is 50.4 Å². The summed E-state index contributed by atoms with van der Waals surface area (Å²) in [6, 6.07) is 53.5. The van der Waals surface area contributed by atoms with E-state index in [1.807, 2.05) is 12.1 Å². The molecular formula is C51H38N4O. The summed E-state index contributed by atoms with van der Waals surface area (Å²) < 4.78 is 9.09. The summed E-state index contributed by atoms with van der Waals surface area (Å²) in [6.07, 6.45) is 13.0. The predicted octanol–water partition coefficient (Wildman–Crippen LogP) is 12.3. The Morgan fingerprint density at radius 3 is 2.12 bits per heavy atom. The number of hydrogen-bond donors (Lipinski definition) is 1. The standard InChI is InChI=1S/C51H38N4O/c1-5-17-33(18-6-1)40-29-37(51-53-49(35-21-9-3-10-22-35)52-50(54-51)36-23-11-4-12-24-36)30-41(34-19-7-2-8-20-34)48(40)55-44-27-15-13-25-38(44)42-31-43-39-26-14-16-28-46(39)56-47(43)32-45(42)55/h1-19,21-29,31-32,34,41,49H,20,30H2,(H,52,53,54)/t34?,41-,49?/m1/s1. The number of aromatic nitrogens is 1. The Labute approximate surface area is 325 Å². The van der Waals surface area contributed by atoms with Gasteiger partial charge in [0.2, 0.25) is 0 Å². The lowest BCUT2D eigenvalue weighted by Gasteiger charge is -2.36. The van der Waals surface area contributed by atoms with E-state index in [9.17, 15) is 0 Å². The van der Waals surface area contributed by atoms with Crippen molar-refractivity contribution in [3.05, 3.63) is 204 Å². The summed E-state index contributed by atoms with van der Waals surface area (Å²) in [5.74, 6) is 1.99. The van der Waals surface area contributed by atoms with E-state index < -0.39 is 0 Å². The Morgan fingerprint density at radius 1 is 0.625 bits per heavy atom. The molecule has 0 saturated carbocycles. The van der Waals surface area contributed by atoms with Gasteiger partial charge in [0.1, 0.15) is 23.2 Å². The van der Waals surface area contributed by atoms with Crippen LogP contribution in [0.25, 0.3) is 55.0 Å². The molecule has 0 spiro atoms. The molecule has 6 aromatic carbocycles. The maximum Gasteiger partial charge on any atom is 0.159 e. The molecule has 11 rings (SSSR count). The number of allylic oxidation sites excluding steroid dienone is 7. The Morgan fingerprint density at radius 2 is 1.34 bits per heavy atom. The molecule has 1 N–H and O–H groups in total. The molecule has 0 fully saturated rings. The zero-order chi connectivity index (χ0) is 37.0. The van der Waals surface area contributed by atoms with Crippen molar-refractivity contribution in [2.75, 3.05) is 0 Å². The van der Waals surface area contributed by atoms with Gasteiger partial charge in [0.05, 0.1) is 11.0 Å². The van der Waals surface area contributed by atoms with Crippen LogP contribution in [0.2, 0.25) is 0 Å². The Bertz CT molecular complexity index is 3000. The van der Waals surface area contributed by atoms with Crippen LogP contribution < -0.4 is 5.32 Å². The number of hydrogen-bond acceptors (Lipinski definition) is 4.